The zero-order valence-corrected chi connectivity index (χ0v) is 11.1. The van der Waals surface area contributed by atoms with Crippen molar-refractivity contribution >= 4 is 33.2 Å². The second-order valence-electron chi connectivity index (χ2n) is 4.35. The number of halogens is 1. The summed E-state index contributed by atoms with van der Waals surface area (Å²) in [6.07, 6.45) is 3.28. The molecule has 1 unspecified atom stereocenters. The molecule has 90 valence electrons. The van der Waals surface area contributed by atoms with E-state index in [1.54, 1.807) is 11.3 Å². The fourth-order valence-corrected chi connectivity index (χ4v) is 3.34. The molecule has 1 saturated heterocycles. The standard InChI is InChI=1S/C12H13ClN2OS/c1-7-5-9-11(13)14-10(15-12(9)17-7)6-8-3-2-4-16-8/h5,8H,2-4,6H2,1H3. The van der Waals surface area contributed by atoms with Crippen molar-refractivity contribution in [3.8, 4) is 0 Å². The normalized spacial score (nSPS) is 20.2. The molecule has 0 saturated carbocycles. The molecule has 0 radical (unpaired) electrons. The number of fused-ring (bicyclic) bond motifs is 1. The smallest absolute Gasteiger partial charge is 0.141 e. The van der Waals surface area contributed by atoms with Crippen LogP contribution in [-0.2, 0) is 11.2 Å². The van der Waals surface area contributed by atoms with Crippen molar-refractivity contribution < 1.29 is 4.74 Å². The van der Waals surface area contributed by atoms with Crippen LogP contribution in [0.2, 0.25) is 5.15 Å². The average molecular weight is 269 g/mol. The summed E-state index contributed by atoms with van der Waals surface area (Å²) in [5.41, 5.74) is 0. The third-order valence-electron chi connectivity index (χ3n) is 2.95. The maximum Gasteiger partial charge on any atom is 0.141 e. The lowest BCUT2D eigenvalue weighted by Gasteiger charge is -2.07. The van der Waals surface area contributed by atoms with Crippen LogP contribution in [-0.4, -0.2) is 22.7 Å². The van der Waals surface area contributed by atoms with Gasteiger partial charge in [0, 0.05) is 23.3 Å². The molecule has 0 N–H and O–H groups in total. The molecule has 1 aliphatic heterocycles. The number of nitrogens with zero attached hydrogens (tertiary/aromatic N) is 2. The van der Waals surface area contributed by atoms with Crippen LogP contribution in [0.3, 0.4) is 0 Å². The van der Waals surface area contributed by atoms with Gasteiger partial charge in [0.05, 0.1) is 6.10 Å². The fraction of sp³-hybridized carbons (Fsp3) is 0.500. The van der Waals surface area contributed by atoms with E-state index in [9.17, 15) is 0 Å². The van der Waals surface area contributed by atoms with Gasteiger partial charge in [-0.05, 0) is 25.8 Å². The molecule has 17 heavy (non-hydrogen) atoms. The van der Waals surface area contributed by atoms with Crippen molar-refractivity contribution in [2.45, 2.75) is 32.3 Å². The maximum absolute atomic E-state index is 6.18. The van der Waals surface area contributed by atoms with Crippen molar-refractivity contribution in [2.24, 2.45) is 0 Å². The summed E-state index contributed by atoms with van der Waals surface area (Å²) in [7, 11) is 0. The van der Waals surface area contributed by atoms with E-state index >= 15 is 0 Å². The molecule has 0 aliphatic carbocycles. The van der Waals surface area contributed by atoms with Gasteiger partial charge in [0.15, 0.2) is 0 Å². The van der Waals surface area contributed by atoms with Crippen molar-refractivity contribution in [1.82, 2.24) is 9.97 Å². The van der Waals surface area contributed by atoms with Gasteiger partial charge in [-0.1, -0.05) is 11.6 Å². The second-order valence-corrected chi connectivity index (χ2v) is 5.94. The minimum atomic E-state index is 0.268. The Labute approximate surface area is 109 Å². The molecule has 1 fully saturated rings. The van der Waals surface area contributed by atoms with Gasteiger partial charge in [0.2, 0.25) is 0 Å². The Balaban J connectivity index is 1.94. The first kappa shape index (κ1) is 11.4. The van der Waals surface area contributed by atoms with E-state index in [1.165, 1.54) is 4.88 Å². The summed E-state index contributed by atoms with van der Waals surface area (Å²) in [4.78, 5) is 11.1. The number of aryl methyl sites for hydroxylation is 1. The van der Waals surface area contributed by atoms with E-state index in [4.69, 9.17) is 16.3 Å². The monoisotopic (exact) mass is 268 g/mol. The highest BCUT2D eigenvalue weighted by Crippen LogP contribution is 2.28. The number of rotatable bonds is 2. The first-order chi connectivity index (χ1) is 8.22. The number of hydrogen-bond donors (Lipinski definition) is 0. The van der Waals surface area contributed by atoms with Crippen LogP contribution in [0.15, 0.2) is 6.07 Å². The van der Waals surface area contributed by atoms with Crippen LogP contribution in [0.25, 0.3) is 10.2 Å². The Morgan fingerprint density at radius 1 is 1.53 bits per heavy atom. The Morgan fingerprint density at radius 2 is 2.41 bits per heavy atom. The first-order valence-electron chi connectivity index (χ1n) is 5.76. The molecule has 1 aliphatic rings. The molecule has 3 rings (SSSR count). The molecule has 5 heteroatoms. The van der Waals surface area contributed by atoms with Gasteiger partial charge in [-0.3, -0.25) is 0 Å². The summed E-state index contributed by atoms with van der Waals surface area (Å²) < 4.78 is 5.59. The van der Waals surface area contributed by atoms with Crippen LogP contribution in [0.4, 0.5) is 0 Å². The molecule has 2 aromatic heterocycles. The minimum absolute atomic E-state index is 0.268. The lowest BCUT2D eigenvalue weighted by atomic mass is 10.2. The Bertz CT molecular complexity index is 549. The van der Waals surface area contributed by atoms with E-state index in [-0.39, 0.29) is 6.10 Å². The highest BCUT2D eigenvalue weighted by Gasteiger charge is 2.18. The van der Waals surface area contributed by atoms with Gasteiger partial charge in [-0.2, -0.15) is 0 Å². The molecular formula is C12H13ClN2OS. The highest BCUT2D eigenvalue weighted by atomic mass is 35.5. The highest BCUT2D eigenvalue weighted by molar-refractivity contribution is 7.18. The number of hydrogen-bond acceptors (Lipinski definition) is 4. The quantitative estimate of drug-likeness (QED) is 0.784. The molecule has 1 atom stereocenters. The topological polar surface area (TPSA) is 35.0 Å². The van der Waals surface area contributed by atoms with E-state index in [0.29, 0.717) is 5.15 Å². The number of thiophene rings is 1. The summed E-state index contributed by atoms with van der Waals surface area (Å²) in [5.74, 6) is 0.802. The lowest BCUT2D eigenvalue weighted by Crippen LogP contribution is -2.11. The van der Waals surface area contributed by atoms with Gasteiger partial charge in [0.1, 0.15) is 15.8 Å². The van der Waals surface area contributed by atoms with Crippen LogP contribution in [0, 0.1) is 6.92 Å². The molecule has 2 aromatic rings. The molecular weight excluding hydrogens is 256 g/mol. The second kappa shape index (κ2) is 4.52. The van der Waals surface area contributed by atoms with Crippen molar-refractivity contribution in [3.63, 3.8) is 0 Å². The Kier molecular flexibility index (Phi) is 3.03. The predicted octanol–water partition coefficient (Wildman–Crippen LogP) is 3.37. The van der Waals surface area contributed by atoms with Crippen LogP contribution < -0.4 is 0 Å². The van der Waals surface area contributed by atoms with Crippen molar-refractivity contribution in [1.29, 1.82) is 0 Å². The van der Waals surface area contributed by atoms with Gasteiger partial charge in [0.25, 0.3) is 0 Å². The third kappa shape index (κ3) is 2.30. The largest absolute Gasteiger partial charge is 0.378 e. The predicted molar refractivity (Wildman–Crippen MR) is 69.8 cm³/mol. The lowest BCUT2D eigenvalue weighted by molar-refractivity contribution is 0.110. The molecule has 3 nitrogen and oxygen atoms in total. The van der Waals surface area contributed by atoms with Gasteiger partial charge >= 0.3 is 0 Å². The first-order valence-corrected chi connectivity index (χ1v) is 6.96. The third-order valence-corrected chi connectivity index (χ3v) is 4.18. The molecule has 0 aromatic carbocycles. The summed E-state index contributed by atoms with van der Waals surface area (Å²) in [6.45, 7) is 2.92. The van der Waals surface area contributed by atoms with E-state index in [2.05, 4.69) is 16.9 Å². The minimum Gasteiger partial charge on any atom is -0.378 e. The summed E-state index contributed by atoms with van der Waals surface area (Å²) >= 11 is 7.84. The zero-order chi connectivity index (χ0) is 11.8. The molecule has 0 bridgehead atoms. The van der Waals surface area contributed by atoms with Gasteiger partial charge in [-0.15, -0.1) is 11.3 Å². The molecule has 0 spiro atoms. The maximum atomic E-state index is 6.18. The van der Waals surface area contributed by atoms with Crippen LogP contribution in [0.1, 0.15) is 23.5 Å². The van der Waals surface area contributed by atoms with Crippen LogP contribution in [0.5, 0.6) is 0 Å². The van der Waals surface area contributed by atoms with E-state index in [0.717, 1.165) is 41.9 Å². The van der Waals surface area contributed by atoms with Crippen LogP contribution >= 0.6 is 22.9 Å². The SMILES string of the molecule is Cc1cc2c(Cl)nc(CC3CCCO3)nc2s1. The Morgan fingerprint density at radius 3 is 3.18 bits per heavy atom. The number of aromatic nitrogens is 2. The van der Waals surface area contributed by atoms with Crippen molar-refractivity contribution in [3.05, 3.63) is 21.9 Å². The number of ether oxygens (including phenoxy) is 1. The van der Waals surface area contributed by atoms with Crippen molar-refractivity contribution in [2.75, 3.05) is 6.61 Å². The Hall–Kier alpha value is -0.710. The van der Waals surface area contributed by atoms with Gasteiger partial charge < -0.3 is 4.74 Å². The zero-order valence-electron chi connectivity index (χ0n) is 9.57. The van der Waals surface area contributed by atoms with Gasteiger partial charge in [-0.25, -0.2) is 9.97 Å². The van der Waals surface area contributed by atoms with E-state index < -0.39 is 0 Å². The summed E-state index contributed by atoms with van der Waals surface area (Å²) in [6, 6.07) is 2.04. The van der Waals surface area contributed by atoms with E-state index in [1.807, 2.05) is 6.07 Å². The molecule has 0 amide bonds. The summed E-state index contributed by atoms with van der Waals surface area (Å²) in [5, 5.41) is 1.53. The molecule has 3 heterocycles. The fourth-order valence-electron chi connectivity index (χ4n) is 2.15. The average Bonchev–Trinajstić information content (AvgIpc) is 2.87.